The zero-order valence-corrected chi connectivity index (χ0v) is 22.3. The maximum Gasteiger partial charge on any atom is 0.254 e. The van der Waals surface area contributed by atoms with E-state index in [4.69, 9.17) is 9.72 Å². The van der Waals surface area contributed by atoms with E-state index >= 15 is 0 Å². The fourth-order valence-corrected chi connectivity index (χ4v) is 4.97. The van der Waals surface area contributed by atoms with Crippen LogP contribution in [-0.4, -0.2) is 42.0 Å². The van der Waals surface area contributed by atoms with E-state index in [2.05, 4.69) is 28.8 Å². The standard InChI is InChI=1S/C31H37N3O4/c1-21(35)25(19-22-15-16-28(36)29(20-22)38-2)31(37)33-18-10-4-3-9-17-32-30-23-11-5-7-13-26(23)34-27-14-8-6-12-24(27)30/h5,7,11,13,15-16,19-20,36H,3-4,6,8-10,12,14,17-18H2,1-2H3,(H,32,34)(H,33,37)/b25-19+. The van der Waals surface area contributed by atoms with Gasteiger partial charge in [-0.25, -0.2) is 0 Å². The van der Waals surface area contributed by atoms with Crippen molar-refractivity contribution >= 4 is 34.4 Å². The number of fused-ring (bicyclic) bond motifs is 2. The molecule has 1 aromatic heterocycles. The normalized spacial score (nSPS) is 13.2. The van der Waals surface area contributed by atoms with E-state index in [-0.39, 0.29) is 28.8 Å². The first kappa shape index (κ1) is 27.2. The highest BCUT2D eigenvalue weighted by molar-refractivity contribution is 6.21. The zero-order chi connectivity index (χ0) is 26.9. The third-order valence-corrected chi connectivity index (χ3v) is 7.00. The van der Waals surface area contributed by atoms with Crippen LogP contribution in [0.3, 0.4) is 0 Å². The fraction of sp³-hybridized carbons (Fsp3) is 0.387. The Morgan fingerprint density at radius 2 is 1.79 bits per heavy atom. The fourth-order valence-electron chi connectivity index (χ4n) is 4.97. The van der Waals surface area contributed by atoms with E-state index in [9.17, 15) is 14.7 Å². The zero-order valence-electron chi connectivity index (χ0n) is 22.3. The molecule has 1 amide bonds. The Bertz CT molecular complexity index is 1330. The maximum absolute atomic E-state index is 12.6. The number of ether oxygens (including phenoxy) is 1. The van der Waals surface area contributed by atoms with Crippen molar-refractivity contribution in [3.05, 3.63) is 64.9 Å². The molecule has 7 heteroatoms. The number of aromatic hydroxyl groups is 1. The maximum atomic E-state index is 12.6. The summed E-state index contributed by atoms with van der Waals surface area (Å²) in [6.07, 6.45) is 10.0. The number of unbranched alkanes of at least 4 members (excludes halogenated alkanes) is 3. The first-order chi connectivity index (χ1) is 18.5. The summed E-state index contributed by atoms with van der Waals surface area (Å²) in [7, 11) is 1.45. The number of Topliss-reactive ketones (excluding diaryl/α,β-unsaturated/α-hetero) is 1. The van der Waals surface area contributed by atoms with Crippen LogP contribution in [0.1, 0.15) is 62.3 Å². The number of para-hydroxylation sites is 1. The highest BCUT2D eigenvalue weighted by Gasteiger charge is 2.18. The van der Waals surface area contributed by atoms with Gasteiger partial charge in [0.1, 0.15) is 0 Å². The largest absolute Gasteiger partial charge is 0.504 e. The number of rotatable bonds is 12. The number of hydrogen-bond acceptors (Lipinski definition) is 6. The lowest BCUT2D eigenvalue weighted by Gasteiger charge is -2.21. The van der Waals surface area contributed by atoms with Gasteiger partial charge in [0.2, 0.25) is 0 Å². The molecule has 1 aliphatic rings. The van der Waals surface area contributed by atoms with Gasteiger partial charge in [0.25, 0.3) is 5.91 Å². The van der Waals surface area contributed by atoms with Gasteiger partial charge >= 0.3 is 0 Å². The summed E-state index contributed by atoms with van der Waals surface area (Å²) in [6.45, 7) is 2.79. The molecule has 0 unspecified atom stereocenters. The summed E-state index contributed by atoms with van der Waals surface area (Å²) in [5.74, 6) is -0.414. The Balaban J connectivity index is 1.23. The number of phenolic OH excluding ortho intramolecular Hbond substituents is 1. The number of aromatic nitrogens is 1. The Labute approximate surface area is 224 Å². The summed E-state index contributed by atoms with van der Waals surface area (Å²) >= 11 is 0. The van der Waals surface area contributed by atoms with Crippen LogP contribution in [0.15, 0.2) is 48.0 Å². The number of aryl methyl sites for hydroxylation is 1. The van der Waals surface area contributed by atoms with Gasteiger partial charge in [-0.2, -0.15) is 0 Å². The minimum absolute atomic E-state index is 0.00200. The molecular formula is C31H37N3O4. The van der Waals surface area contributed by atoms with Gasteiger partial charge in [0.05, 0.1) is 18.2 Å². The monoisotopic (exact) mass is 515 g/mol. The van der Waals surface area contributed by atoms with Crippen LogP contribution in [0.2, 0.25) is 0 Å². The highest BCUT2D eigenvalue weighted by Crippen LogP contribution is 2.33. The molecule has 1 aliphatic carbocycles. The topological polar surface area (TPSA) is 101 Å². The van der Waals surface area contributed by atoms with Crippen molar-refractivity contribution in [3.63, 3.8) is 0 Å². The van der Waals surface area contributed by atoms with Crippen molar-refractivity contribution in [2.45, 2.75) is 58.3 Å². The second-order valence-corrected chi connectivity index (χ2v) is 9.78. The lowest BCUT2D eigenvalue weighted by molar-refractivity contribution is -0.121. The van der Waals surface area contributed by atoms with Gasteiger partial charge in [0.15, 0.2) is 17.3 Å². The van der Waals surface area contributed by atoms with Gasteiger partial charge < -0.3 is 20.5 Å². The summed E-state index contributed by atoms with van der Waals surface area (Å²) in [5, 5.41) is 17.5. The van der Waals surface area contributed by atoms with Crippen molar-refractivity contribution in [3.8, 4) is 11.5 Å². The molecule has 200 valence electrons. The van der Waals surface area contributed by atoms with Crippen LogP contribution < -0.4 is 15.4 Å². The number of pyridine rings is 1. The number of carbonyl (C=O) groups is 2. The Morgan fingerprint density at radius 3 is 2.58 bits per heavy atom. The second kappa shape index (κ2) is 13.1. The molecule has 3 N–H and O–H groups in total. The lowest BCUT2D eigenvalue weighted by atomic mass is 9.92. The summed E-state index contributed by atoms with van der Waals surface area (Å²) in [4.78, 5) is 29.6. The predicted molar refractivity (Wildman–Crippen MR) is 152 cm³/mol. The van der Waals surface area contributed by atoms with Gasteiger partial charge in [-0.1, -0.05) is 37.1 Å². The van der Waals surface area contributed by atoms with Crippen LogP contribution in [0, 0.1) is 0 Å². The number of nitrogens with one attached hydrogen (secondary N) is 2. The molecule has 38 heavy (non-hydrogen) atoms. The van der Waals surface area contributed by atoms with E-state index in [1.54, 1.807) is 12.1 Å². The van der Waals surface area contributed by atoms with Crippen LogP contribution >= 0.6 is 0 Å². The number of nitrogens with zero attached hydrogens (tertiary/aromatic N) is 1. The average molecular weight is 516 g/mol. The highest BCUT2D eigenvalue weighted by atomic mass is 16.5. The summed E-state index contributed by atoms with van der Waals surface area (Å²) < 4.78 is 5.10. The summed E-state index contributed by atoms with van der Waals surface area (Å²) in [6, 6.07) is 13.1. The van der Waals surface area contributed by atoms with Crippen molar-refractivity contribution in [2.24, 2.45) is 0 Å². The quantitative estimate of drug-likeness (QED) is 0.126. The van der Waals surface area contributed by atoms with Gasteiger partial charge in [-0.3, -0.25) is 14.6 Å². The molecule has 4 rings (SSSR count). The SMILES string of the molecule is COc1cc(/C=C(\C(C)=O)C(=O)NCCCCCCNc2c3c(nc4ccccc24)CCCC3)ccc1O. The molecule has 0 aliphatic heterocycles. The Hall–Kier alpha value is -3.87. The molecule has 0 saturated heterocycles. The second-order valence-electron chi connectivity index (χ2n) is 9.78. The number of ketones is 1. The molecule has 0 bridgehead atoms. The van der Waals surface area contributed by atoms with Gasteiger partial charge in [-0.15, -0.1) is 0 Å². The first-order valence-corrected chi connectivity index (χ1v) is 13.5. The molecule has 0 spiro atoms. The first-order valence-electron chi connectivity index (χ1n) is 13.5. The molecule has 0 atom stereocenters. The Kier molecular flexibility index (Phi) is 9.35. The van der Waals surface area contributed by atoms with Gasteiger partial charge in [-0.05, 0) is 80.9 Å². The van der Waals surface area contributed by atoms with E-state index in [0.717, 1.165) is 50.6 Å². The van der Waals surface area contributed by atoms with Crippen LogP contribution in [-0.2, 0) is 22.4 Å². The van der Waals surface area contributed by atoms with Crippen molar-refractivity contribution < 1.29 is 19.4 Å². The Morgan fingerprint density at radius 1 is 1.03 bits per heavy atom. The number of hydrogen-bond donors (Lipinski definition) is 3. The number of methoxy groups -OCH3 is 1. The molecular weight excluding hydrogens is 478 g/mol. The van der Waals surface area contributed by atoms with E-state index in [0.29, 0.717) is 12.1 Å². The van der Waals surface area contributed by atoms with E-state index < -0.39 is 0 Å². The van der Waals surface area contributed by atoms with Crippen molar-refractivity contribution in [2.75, 3.05) is 25.5 Å². The molecule has 0 fully saturated rings. The minimum Gasteiger partial charge on any atom is -0.504 e. The number of amides is 1. The average Bonchev–Trinajstić information content (AvgIpc) is 2.93. The number of benzene rings is 2. The molecule has 1 heterocycles. The summed E-state index contributed by atoms with van der Waals surface area (Å²) in [5.41, 5.74) is 5.64. The predicted octanol–water partition coefficient (Wildman–Crippen LogP) is 5.59. The molecule has 0 saturated carbocycles. The van der Waals surface area contributed by atoms with Gasteiger partial charge in [0, 0.05) is 29.9 Å². The van der Waals surface area contributed by atoms with Crippen LogP contribution in [0.25, 0.3) is 17.0 Å². The van der Waals surface area contributed by atoms with Crippen molar-refractivity contribution in [1.82, 2.24) is 10.3 Å². The number of anilines is 1. The molecule has 7 nitrogen and oxygen atoms in total. The number of phenols is 1. The molecule has 0 radical (unpaired) electrons. The smallest absolute Gasteiger partial charge is 0.254 e. The van der Waals surface area contributed by atoms with E-state index in [1.807, 2.05) is 6.07 Å². The van der Waals surface area contributed by atoms with Crippen molar-refractivity contribution in [1.29, 1.82) is 0 Å². The minimum atomic E-state index is -0.388. The number of carbonyl (C=O) groups excluding carboxylic acids is 2. The lowest BCUT2D eigenvalue weighted by Crippen LogP contribution is -2.28. The van der Waals surface area contributed by atoms with Crippen LogP contribution in [0.4, 0.5) is 5.69 Å². The molecule has 3 aromatic rings. The van der Waals surface area contributed by atoms with Crippen LogP contribution in [0.5, 0.6) is 11.5 Å². The van der Waals surface area contributed by atoms with E-state index in [1.165, 1.54) is 61.3 Å². The molecule has 2 aromatic carbocycles. The third kappa shape index (κ3) is 6.71. The third-order valence-electron chi connectivity index (χ3n) is 7.00.